The van der Waals surface area contributed by atoms with Crippen LogP contribution < -0.4 is 5.32 Å². The summed E-state index contributed by atoms with van der Waals surface area (Å²) in [4.78, 5) is 16.0. The van der Waals surface area contributed by atoms with Crippen LogP contribution in [-0.4, -0.2) is 23.9 Å². The first-order valence-electron chi connectivity index (χ1n) is 5.60. The molecule has 0 saturated carbocycles. The zero-order chi connectivity index (χ0) is 12.2. The summed E-state index contributed by atoms with van der Waals surface area (Å²) in [5, 5.41) is 6.01. The van der Waals surface area contributed by atoms with Gasteiger partial charge in [0.05, 0.1) is 18.7 Å². The Labute approximate surface area is 101 Å². The standard InChI is InChI=1S/C12H20N2OS/c1-5-13-7-9(15)6-11-14-10(8-16-11)12(2,3)4/h8,13H,5-7H2,1-4H3. The minimum atomic E-state index is 0.0689. The van der Waals surface area contributed by atoms with Gasteiger partial charge >= 0.3 is 0 Å². The molecule has 0 aliphatic heterocycles. The van der Waals surface area contributed by atoms with Crippen LogP contribution >= 0.6 is 11.3 Å². The van der Waals surface area contributed by atoms with Gasteiger partial charge in [-0.25, -0.2) is 4.98 Å². The topological polar surface area (TPSA) is 42.0 Å². The van der Waals surface area contributed by atoms with Crippen LogP contribution in [0.3, 0.4) is 0 Å². The van der Waals surface area contributed by atoms with Crippen LogP contribution in [0.4, 0.5) is 0 Å². The van der Waals surface area contributed by atoms with Crippen LogP contribution in [0, 0.1) is 0 Å². The second-order valence-corrected chi connectivity index (χ2v) is 5.81. The Kier molecular flexibility index (Phi) is 4.62. The Bertz CT molecular complexity index is 352. The number of Topliss-reactive ketones (excluding diaryl/α,β-unsaturated/α-hetero) is 1. The number of nitrogens with zero attached hydrogens (tertiary/aromatic N) is 1. The van der Waals surface area contributed by atoms with Crippen molar-refractivity contribution in [1.29, 1.82) is 0 Å². The van der Waals surface area contributed by atoms with E-state index in [1.165, 1.54) is 0 Å². The quantitative estimate of drug-likeness (QED) is 0.857. The molecule has 1 heterocycles. The molecule has 1 rings (SSSR count). The lowest BCUT2D eigenvalue weighted by molar-refractivity contribution is -0.117. The van der Waals surface area contributed by atoms with Crippen molar-refractivity contribution in [2.75, 3.05) is 13.1 Å². The number of rotatable bonds is 5. The summed E-state index contributed by atoms with van der Waals surface area (Å²) in [6.45, 7) is 9.66. The predicted octanol–water partition coefficient (Wildman–Crippen LogP) is 2.16. The SMILES string of the molecule is CCNCC(=O)Cc1nc(C(C)(C)C)cs1. The molecule has 0 bridgehead atoms. The molecule has 1 N–H and O–H groups in total. The van der Waals surface area contributed by atoms with Crippen molar-refractivity contribution in [3.05, 3.63) is 16.1 Å². The highest BCUT2D eigenvalue weighted by Crippen LogP contribution is 2.23. The molecule has 0 radical (unpaired) electrons. The van der Waals surface area contributed by atoms with Crippen LogP contribution in [-0.2, 0) is 16.6 Å². The fourth-order valence-electron chi connectivity index (χ4n) is 1.23. The van der Waals surface area contributed by atoms with E-state index >= 15 is 0 Å². The van der Waals surface area contributed by atoms with Crippen LogP contribution in [0.1, 0.15) is 38.4 Å². The molecule has 0 unspecified atom stereocenters. The van der Waals surface area contributed by atoms with E-state index in [2.05, 4.69) is 36.5 Å². The Hall–Kier alpha value is -0.740. The van der Waals surface area contributed by atoms with E-state index in [9.17, 15) is 4.79 Å². The minimum Gasteiger partial charge on any atom is -0.310 e. The lowest BCUT2D eigenvalue weighted by Gasteiger charge is -2.14. The molecule has 0 spiro atoms. The maximum Gasteiger partial charge on any atom is 0.153 e. The Balaban J connectivity index is 2.56. The maximum absolute atomic E-state index is 11.5. The summed E-state index contributed by atoms with van der Waals surface area (Å²) in [6.07, 6.45) is 0.452. The van der Waals surface area contributed by atoms with Gasteiger partial charge in [0.1, 0.15) is 5.01 Å². The van der Waals surface area contributed by atoms with Crippen molar-refractivity contribution in [2.24, 2.45) is 0 Å². The Morgan fingerprint density at radius 3 is 2.69 bits per heavy atom. The van der Waals surface area contributed by atoms with Crippen molar-refractivity contribution in [1.82, 2.24) is 10.3 Å². The van der Waals surface area contributed by atoms with E-state index in [1.54, 1.807) is 11.3 Å². The van der Waals surface area contributed by atoms with Crippen molar-refractivity contribution in [3.8, 4) is 0 Å². The maximum atomic E-state index is 11.5. The molecular formula is C12H20N2OS. The van der Waals surface area contributed by atoms with Gasteiger partial charge < -0.3 is 5.32 Å². The van der Waals surface area contributed by atoms with Gasteiger partial charge in [-0.05, 0) is 6.54 Å². The summed E-state index contributed by atoms with van der Waals surface area (Å²) in [7, 11) is 0. The lowest BCUT2D eigenvalue weighted by Crippen LogP contribution is -2.23. The van der Waals surface area contributed by atoms with E-state index in [0.717, 1.165) is 17.2 Å². The van der Waals surface area contributed by atoms with Gasteiger partial charge in [0.15, 0.2) is 5.78 Å². The molecule has 0 aliphatic rings. The van der Waals surface area contributed by atoms with Gasteiger partial charge in [0, 0.05) is 10.8 Å². The van der Waals surface area contributed by atoms with Crippen LogP contribution in [0.5, 0.6) is 0 Å². The van der Waals surface area contributed by atoms with Gasteiger partial charge in [-0.15, -0.1) is 11.3 Å². The second kappa shape index (κ2) is 5.55. The molecule has 0 saturated heterocycles. The van der Waals surface area contributed by atoms with Gasteiger partial charge in [0.2, 0.25) is 0 Å². The van der Waals surface area contributed by atoms with Gasteiger partial charge in [0.25, 0.3) is 0 Å². The normalized spacial score (nSPS) is 11.8. The number of hydrogen-bond donors (Lipinski definition) is 1. The van der Waals surface area contributed by atoms with E-state index in [0.29, 0.717) is 13.0 Å². The van der Waals surface area contributed by atoms with Crippen molar-refractivity contribution >= 4 is 17.1 Å². The molecule has 1 aromatic heterocycles. The summed E-state index contributed by atoms with van der Waals surface area (Å²) < 4.78 is 0. The minimum absolute atomic E-state index is 0.0689. The average molecular weight is 240 g/mol. The first-order chi connectivity index (χ1) is 7.43. The molecule has 3 nitrogen and oxygen atoms in total. The second-order valence-electron chi connectivity index (χ2n) is 4.87. The van der Waals surface area contributed by atoms with E-state index < -0.39 is 0 Å². The Morgan fingerprint density at radius 2 is 2.19 bits per heavy atom. The van der Waals surface area contributed by atoms with Crippen molar-refractivity contribution < 1.29 is 4.79 Å². The number of aromatic nitrogens is 1. The number of nitrogens with one attached hydrogen (secondary N) is 1. The van der Waals surface area contributed by atoms with Gasteiger partial charge in [-0.3, -0.25) is 4.79 Å². The number of hydrogen-bond acceptors (Lipinski definition) is 4. The molecule has 0 fully saturated rings. The van der Waals surface area contributed by atoms with Crippen LogP contribution in [0.25, 0.3) is 0 Å². The largest absolute Gasteiger partial charge is 0.310 e. The molecule has 0 amide bonds. The fourth-order valence-corrected chi connectivity index (χ4v) is 2.28. The molecule has 0 aromatic carbocycles. The molecule has 90 valence electrons. The number of ketones is 1. The molecular weight excluding hydrogens is 220 g/mol. The smallest absolute Gasteiger partial charge is 0.153 e. The third-order valence-corrected chi connectivity index (χ3v) is 3.09. The summed E-state index contributed by atoms with van der Waals surface area (Å²) in [5.74, 6) is 0.205. The Morgan fingerprint density at radius 1 is 1.50 bits per heavy atom. The summed E-state index contributed by atoms with van der Waals surface area (Å²) in [5.41, 5.74) is 1.14. The molecule has 0 aliphatic carbocycles. The van der Waals surface area contributed by atoms with E-state index in [-0.39, 0.29) is 11.2 Å². The van der Waals surface area contributed by atoms with Crippen molar-refractivity contribution in [2.45, 2.75) is 39.5 Å². The predicted molar refractivity (Wildman–Crippen MR) is 68.1 cm³/mol. The average Bonchev–Trinajstić information content (AvgIpc) is 2.62. The molecule has 0 atom stereocenters. The number of carbonyl (C=O) groups excluding carboxylic acids is 1. The summed E-state index contributed by atoms with van der Waals surface area (Å²) in [6, 6.07) is 0. The van der Waals surface area contributed by atoms with Crippen molar-refractivity contribution in [3.63, 3.8) is 0 Å². The third kappa shape index (κ3) is 4.02. The highest BCUT2D eigenvalue weighted by atomic mass is 32.1. The zero-order valence-electron chi connectivity index (χ0n) is 10.5. The highest BCUT2D eigenvalue weighted by molar-refractivity contribution is 7.09. The fraction of sp³-hybridized carbons (Fsp3) is 0.667. The number of likely N-dealkylation sites (N-methyl/N-ethyl adjacent to an activating group) is 1. The number of carbonyl (C=O) groups is 1. The first-order valence-corrected chi connectivity index (χ1v) is 6.48. The number of thiazole rings is 1. The first kappa shape index (κ1) is 13.3. The monoisotopic (exact) mass is 240 g/mol. The van der Waals surface area contributed by atoms with Crippen LogP contribution in [0.2, 0.25) is 0 Å². The van der Waals surface area contributed by atoms with E-state index in [4.69, 9.17) is 0 Å². The van der Waals surface area contributed by atoms with Crippen LogP contribution in [0.15, 0.2) is 5.38 Å². The van der Waals surface area contributed by atoms with Gasteiger partial charge in [-0.2, -0.15) is 0 Å². The third-order valence-electron chi connectivity index (χ3n) is 2.24. The lowest BCUT2D eigenvalue weighted by atomic mass is 9.93. The molecule has 1 aromatic rings. The zero-order valence-corrected chi connectivity index (χ0v) is 11.3. The summed E-state index contributed by atoms with van der Waals surface area (Å²) >= 11 is 1.58. The molecule has 16 heavy (non-hydrogen) atoms. The van der Waals surface area contributed by atoms with E-state index in [1.807, 2.05) is 6.92 Å². The molecule has 4 heteroatoms. The van der Waals surface area contributed by atoms with Gasteiger partial charge in [-0.1, -0.05) is 27.7 Å². The highest BCUT2D eigenvalue weighted by Gasteiger charge is 2.18.